The van der Waals surface area contributed by atoms with Crippen molar-refractivity contribution in [2.45, 2.75) is 77.7 Å². The van der Waals surface area contributed by atoms with Gasteiger partial charge < -0.3 is 9.47 Å². The van der Waals surface area contributed by atoms with Gasteiger partial charge in [0.2, 0.25) is 0 Å². The van der Waals surface area contributed by atoms with E-state index in [0.29, 0.717) is 29.3 Å². The number of halogens is 3. The number of aromatic nitrogens is 1. The SMILES string of the molecule is CCCC(CC(C)(Cc1ccccc1)C(=O)OC)OC(c1sc(-c2ccc(C(F)(F)F)cc2)nc1C)C1CC1. The van der Waals surface area contributed by atoms with E-state index >= 15 is 0 Å². The third-order valence-electron chi connectivity index (χ3n) is 7.34. The number of hydrogen-bond acceptors (Lipinski definition) is 5. The minimum Gasteiger partial charge on any atom is -0.469 e. The Kier molecular flexibility index (Phi) is 9.17. The van der Waals surface area contributed by atoms with Crippen LogP contribution in [0.25, 0.3) is 10.6 Å². The molecule has 1 fully saturated rings. The molecule has 1 aliphatic carbocycles. The molecule has 0 radical (unpaired) electrons. The van der Waals surface area contributed by atoms with E-state index in [4.69, 9.17) is 14.5 Å². The molecule has 0 amide bonds. The second kappa shape index (κ2) is 12.2. The van der Waals surface area contributed by atoms with Gasteiger partial charge in [0.05, 0.1) is 40.9 Å². The Labute approximate surface area is 232 Å². The van der Waals surface area contributed by atoms with E-state index in [0.717, 1.165) is 54.0 Å². The van der Waals surface area contributed by atoms with E-state index in [2.05, 4.69) is 6.92 Å². The number of aryl methyl sites for hydroxylation is 1. The molecule has 1 heterocycles. The summed E-state index contributed by atoms with van der Waals surface area (Å²) in [4.78, 5) is 18.7. The van der Waals surface area contributed by atoms with Crippen LogP contribution in [0, 0.1) is 18.3 Å². The molecular formula is C31H36F3NO3S. The minimum atomic E-state index is -4.37. The molecule has 1 aliphatic rings. The maximum absolute atomic E-state index is 13.0. The summed E-state index contributed by atoms with van der Waals surface area (Å²) >= 11 is 1.48. The van der Waals surface area contributed by atoms with Crippen molar-refractivity contribution >= 4 is 17.3 Å². The summed E-state index contributed by atoms with van der Waals surface area (Å²) in [5.74, 6) is 0.111. The Bertz CT molecular complexity index is 1240. The summed E-state index contributed by atoms with van der Waals surface area (Å²) in [5.41, 5.74) is 1.13. The zero-order chi connectivity index (χ0) is 28.2. The van der Waals surface area contributed by atoms with Crippen molar-refractivity contribution in [2.75, 3.05) is 7.11 Å². The van der Waals surface area contributed by atoms with Gasteiger partial charge in [0.15, 0.2) is 0 Å². The zero-order valence-corrected chi connectivity index (χ0v) is 23.7. The summed E-state index contributed by atoms with van der Waals surface area (Å²) in [5, 5.41) is 0.681. The highest BCUT2D eigenvalue weighted by atomic mass is 32.1. The third-order valence-corrected chi connectivity index (χ3v) is 8.61. The van der Waals surface area contributed by atoms with Gasteiger partial charge in [0.25, 0.3) is 0 Å². The Morgan fingerprint density at radius 2 is 1.77 bits per heavy atom. The molecule has 1 aromatic heterocycles. The molecule has 3 aromatic rings. The smallest absolute Gasteiger partial charge is 0.416 e. The summed E-state index contributed by atoms with van der Waals surface area (Å²) in [7, 11) is 1.43. The van der Waals surface area contributed by atoms with E-state index in [1.807, 2.05) is 44.2 Å². The number of carbonyl (C=O) groups excluding carboxylic acids is 1. The van der Waals surface area contributed by atoms with E-state index < -0.39 is 17.2 Å². The number of methoxy groups -OCH3 is 1. The van der Waals surface area contributed by atoms with Crippen molar-refractivity contribution in [3.05, 3.63) is 76.3 Å². The zero-order valence-electron chi connectivity index (χ0n) is 22.9. The molecule has 0 spiro atoms. The van der Waals surface area contributed by atoms with E-state index in [9.17, 15) is 18.0 Å². The summed E-state index contributed by atoms with van der Waals surface area (Å²) in [6.07, 6.45) is 0.178. The summed E-state index contributed by atoms with van der Waals surface area (Å²) in [6, 6.07) is 15.1. The van der Waals surface area contributed by atoms with Crippen molar-refractivity contribution in [2.24, 2.45) is 11.3 Å². The average Bonchev–Trinajstić information content (AvgIpc) is 3.68. The molecular weight excluding hydrogens is 523 g/mol. The molecule has 3 unspecified atom stereocenters. The summed E-state index contributed by atoms with van der Waals surface area (Å²) in [6.45, 7) is 5.99. The van der Waals surface area contributed by atoms with Gasteiger partial charge in [-0.15, -0.1) is 11.3 Å². The molecule has 0 aliphatic heterocycles. The van der Waals surface area contributed by atoms with Gasteiger partial charge >= 0.3 is 12.1 Å². The number of ether oxygens (including phenoxy) is 2. The number of rotatable bonds is 12. The molecule has 4 rings (SSSR count). The van der Waals surface area contributed by atoms with Crippen LogP contribution in [0.4, 0.5) is 13.2 Å². The quantitative estimate of drug-likeness (QED) is 0.209. The van der Waals surface area contributed by atoms with Crippen LogP contribution in [0.1, 0.15) is 73.8 Å². The van der Waals surface area contributed by atoms with Crippen LogP contribution in [0.15, 0.2) is 54.6 Å². The van der Waals surface area contributed by atoms with Crippen LogP contribution in [0.3, 0.4) is 0 Å². The van der Waals surface area contributed by atoms with Crippen LogP contribution in [-0.2, 0) is 26.9 Å². The average molecular weight is 560 g/mol. The fourth-order valence-electron chi connectivity index (χ4n) is 5.15. The highest BCUT2D eigenvalue weighted by Crippen LogP contribution is 2.48. The third kappa shape index (κ3) is 7.28. The van der Waals surface area contributed by atoms with Crippen molar-refractivity contribution in [3.8, 4) is 10.6 Å². The highest BCUT2D eigenvalue weighted by Gasteiger charge is 2.41. The topological polar surface area (TPSA) is 48.4 Å². The first-order chi connectivity index (χ1) is 18.5. The molecule has 39 heavy (non-hydrogen) atoms. The van der Waals surface area contributed by atoms with Gasteiger partial charge in [-0.25, -0.2) is 4.98 Å². The number of alkyl halides is 3. The van der Waals surface area contributed by atoms with Gasteiger partial charge in [0, 0.05) is 5.56 Å². The van der Waals surface area contributed by atoms with Crippen molar-refractivity contribution < 1.29 is 27.4 Å². The monoisotopic (exact) mass is 559 g/mol. The number of esters is 1. The predicted molar refractivity (Wildman–Crippen MR) is 147 cm³/mol. The van der Waals surface area contributed by atoms with Crippen molar-refractivity contribution in [1.29, 1.82) is 0 Å². The lowest BCUT2D eigenvalue weighted by atomic mass is 9.78. The lowest BCUT2D eigenvalue weighted by Gasteiger charge is -2.33. The molecule has 0 bridgehead atoms. The largest absolute Gasteiger partial charge is 0.469 e. The molecule has 8 heteroatoms. The number of hydrogen-bond donors (Lipinski definition) is 0. The van der Waals surface area contributed by atoms with Gasteiger partial charge in [-0.1, -0.05) is 55.8 Å². The first-order valence-electron chi connectivity index (χ1n) is 13.5. The molecule has 3 atom stereocenters. The fourth-order valence-corrected chi connectivity index (χ4v) is 6.36. The maximum Gasteiger partial charge on any atom is 0.416 e. The first kappa shape index (κ1) is 29.3. The first-order valence-corrected chi connectivity index (χ1v) is 14.3. The highest BCUT2D eigenvalue weighted by molar-refractivity contribution is 7.15. The Balaban J connectivity index is 1.58. The minimum absolute atomic E-state index is 0.163. The lowest BCUT2D eigenvalue weighted by molar-refractivity contribution is -0.155. The van der Waals surface area contributed by atoms with Gasteiger partial charge in [0.1, 0.15) is 5.01 Å². The Morgan fingerprint density at radius 3 is 2.33 bits per heavy atom. The van der Waals surface area contributed by atoms with Crippen LogP contribution in [0.5, 0.6) is 0 Å². The molecule has 210 valence electrons. The fraction of sp³-hybridized carbons (Fsp3) is 0.484. The number of benzene rings is 2. The molecule has 2 aromatic carbocycles. The van der Waals surface area contributed by atoms with Crippen molar-refractivity contribution in [3.63, 3.8) is 0 Å². The van der Waals surface area contributed by atoms with Crippen LogP contribution >= 0.6 is 11.3 Å². The van der Waals surface area contributed by atoms with E-state index in [1.165, 1.54) is 30.6 Å². The van der Waals surface area contributed by atoms with Crippen LogP contribution < -0.4 is 0 Å². The normalized spacial score (nSPS) is 16.9. The summed E-state index contributed by atoms with van der Waals surface area (Å²) < 4.78 is 51.2. The Hall–Kier alpha value is -2.71. The molecule has 0 N–H and O–H groups in total. The second-order valence-electron chi connectivity index (χ2n) is 10.8. The molecule has 0 saturated heterocycles. The standard InChI is InChI=1S/C31H36F3NO3S/c1-5-9-25(19-30(3,29(36)37-4)18-21-10-7-6-8-11-21)38-26(22-12-13-22)27-20(2)35-28(39-27)23-14-16-24(17-15-23)31(32,33)34/h6-8,10-11,14-17,22,25-26H,5,9,12-13,18-19H2,1-4H3. The molecule has 1 saturated carbocycles. The number of nitrogens with zero attached hydrogens (tertiary/aromatic N) is 1. The van der Waals surface area contributed by atoms with Gasteiger partial charge in [-0.3, -0.25) is 4.79 Å². The van der Waals surface area contributed by atoms with Crippen molar-refractivity contribution in [1.82, 2.24) is 4.98 Å². The van der Waals surface area contributed by atoms with E-state index in [-0.39, 0.29) is 18.2 Å². The number of thiazole rings is 1. The second-order valence-corrected chi connectivity index (χ2v) is 11.8. The Morgan fingerprint density at radius 1 is 1.10 bits per heavy atom. The van der Waals surface area contributed by atoms with Gasteiger partial charge in [-0.2, -0.15) is 13.2 Å². The van der Waals surface area contributed by atoms with Gasteiger partial charge in [-0.05, 0) is 69.6 Å². The van der Waals surface area contributed by atoms with Crippen LogP contribution in [0.2, 0.25) is 0 Å². The van der Waals surface area contributed by atoms with Crippen LogP contribution in [-0.4, -0.2) is 24.2 Å². The maximum atomic E-state index is 13.0. The molecule has 4 nitrogen and oxygen atoms in total. The lowest BCUT2D eigenvalue weighted by Crippen LogP contribution is -2.36. The predicted octanol–water partition coefficient (Wildman–Crippen LogP) is 8.59. The number of carbonyl (C=O) groups is 1. The van der Waals surface area contributed by atoms with E-state index in [1.54, 1.807) is 0 Å².